The van der Waals surface area contributed by atoms with Crippen LogP contribution in [0.15, 0.2) is 30.6 Å². The SMILES string of the molecule is Cc1ncc(C2=CCNCC2)c(Oc2ccc(C(F)(F)F)nc2)n1. The summed E-state index contributed by atoms with van der Waals surface area (Å²) in [6.45, 7) is 3.30. The van der Waals surface area contributed by atoms with Gasteiger partial charge in [0.15, 0.2) is 0 Å². The molecule has 8 heteroatoms. The highest BCUT2D eigenvalue weighted by molar-refractivity contribution is 5.69. The second kappa shape index (κ2) is 6.56. The first-order valence-electron chi connectivity index (χ1n) is 7.38. The van der Waals surface area contributed by atoms with Gasteiger partial charge in [0, 0.05) is 12.7 Å². The average molecular weight is 336 g/mol. The van der Waals surface area contributed by atoms with Gasteiger partial charge in [0.05, 0.1) is 11.8 Å². The monoisotopic (exact) mass is 336 g/mol. The van der Waals surface area contributed by atoms with Crippen LogP contribution in [-0.4, -0.2) is 28.0 Å². The molecule has 24 heavy (non-hydrogen) atoms. The molecular formula is C16H15F3N4O. The molecule has 126 valence electrons. The van der Waals surface area contributed by atoms with Crippen LogP contribution < -0.4 is 10.1 Å². The zero-order valence-corrected chi connectivity index (χ0v) is 12.9. The first kappa shape index (κ1) is 16.4. The number of alkyl halides is 3. The van der Waals surface area contributed by atoms with Crippen LogP contribution in [-0.2, 0) is 6.18 Å². The molecule has 3 heterocycles. The van der Waals surface area contributed by atoms with Gasteiger partial charge in [0.2, 0.25) is 5.88 Å². The van der Waals surface area contributed by atoms with E-state index in [9.17, 15) is 13.2 Å². The third kappa shape index (κ3) is 3.70. The van der Waals surface area contributed by atoms with Gasteiger partial charge in [-0.1, -0.05) is 6.08 Å². The van der Waals surface area contributed by atoms with E-state index in [1.807, 2.05) is 6.08 Å². The highest BCUT2D eigenvalue weighted by atomic mass is 19.4. The summed E-state index contributed by atoms with van der Waals surface area (Å²) in [4.78, 5) is 11.8. The third-order valence-corrected chi connectivity index (χ3v) is 3.53. The largest absolute Gasteiger partial charge is 0.437 e. The second-order valence-electron chi connectivity index (χ2n) is 5.30. The average Bonchev–Trinajstić information content (AvgIpc) is 2.55. The summed E-state index contributed by atoms with van der Waals surface area (Å²) in [7, 11) is 0. The van der Waals surface area contributed by atoms with Gasteiger partial charge in [0.1, 0.15) is 17.3 Å². The smallest absolute Gasteiger partial charge is 0.433 e. The minimum atomic E-state index is -4.48. The molecule has 0 amide bonds. The molecule has 0 aromatic carbocycles. The van der Waals surface area contributed by atoms with Crippen molar-refractivity contribution in [2.45, 2.75) is 19.5 Å². The summed E-state index contributed by atoms with van der Waals surface area (Å²) in [6, 6.07) is 2.11. The first-order valence-corrected chi connectivity index (χ1v) is 7.38. The minimum absolute atomic E-state index is 0.192. The number of rotatable bonds is 3. The van der Waals surface area contributed by atoms with Crippen molar-refractivity contribution in [1.82, 2.24) is 20.3 Å². The van der Waals surface area contributed by atoms with E-state index in [-0.39, 0.29) is 5.75 Å². The van der Waals surface area contributed by atoms with Crippen LogP contribution in [0.3, 0.4) is 0 Å². The van der Waals surface area contributed by atoms with Crippen molar-refractivity contribution in [3.8, 4) is 11.6 Å². The fourth-order valence-electron chi connectivity index (χ4n) is 2.33. The summed E-state index contributed by atoms with van der Waals surface area (Å²) < 4.78 is 43.4. The third-order valence-electron chi connectivity index (χ3n) is 3.53. The summed E-state index contributed by atoms with van der Waals surface area (Å²) in [6.07, 6.45) is 1.06. The molecule has 3 rings (SSSR count). The number of nitrogens with one attached hydrogen (secondary N) is 1. The first-order chi connectivity index (χ1) is 11.4. The number of nitrogens with zero attached hydrogens (tertiary/aromatic N) is 3. The maximum absolute atomic E-state index is 12.6. The standard InChI is InChI=1S/C16H15F3N4O/c1-10-21-9-13(11-4-6-20-7-5-11)15(23-10)24-12-2-3-14(22-8-12)16(17,18)19/h2-4,8-9,20H,5-7H2,1H3. The molecule has 2 aromatic heterocycles. The molecule has 1 aliphatic heterocycles. The van der Waals surface area contributed by atoms with Gasteiger partial charge in [-0.2, -0.15) is 18.2 Å². The van der Waals surface area contributed by atoms with Crippen LogP contribution >= 0.6 is 0 Å². The Morgan fingerprint density at radius 1 is 1.17 bits per heavy atom. The zero-order chi connectivity index (χ0) is 17.2. The van der Waals surface area contributed by atoms with E-state index in [1.54, 1.807) is 13.1 Å². The normalized spacial score (nSPS) is 15.1. The van der Waals surface area contributed by atoms with E-state index in [1.165, 1.54) is 6.07 Å². The van der Waals surface area contributed by atoms with Crippen molar-refractivity contribution in [3.05, 3.63) is 47.7 Å². The van der Waals surface area contributed by atoms with Gasteiger partial charge < -0.3 is 10.1 Å². The molecule has 0 saturated carbocycles. The minimum Gasteiger partial charge on any atom is -0.437 e. The van der Waals surface area contributed by atoms with E-state index in [2.05, 4.69) is 20.3 Å². The van der Waals surface area contributed by atoms with Gasteiger partial charge in [-0.15, -0.1) is 0 Å². The molecule has 0 radical (unpaired) electrons. The van der Waals surface area contributed by atoms with E-state index < -0.39 is 11.9 Å². The van der Waals surface area contributed by atoms with Gasteiger partial charge in [-0.25, -0.2) is 9.97 Å². The molecule has 0 spiro atoms. The molecule has 0 atom stereocenters. The van der Waals surface area contributed by atoms with E-state index >= 15 is 0 Å². The predicted octanol–water partition coefficient (Wildman–Crippen LogP) is 3.37. The van der Waals surface area contributed by atoms with Crippen molar-refractivity contribution >= 4 is 5.57 Å². The van der Waals surface area contributed by atoms with Gasteiger partial charge in [-0.3, -0.25) is 0 Å². The number of aryl methyl sites for hydroxylation is 1. The van der Waals surface area contributed by atoms with Crippen molar-refractivity contribution in [3.63, 3.8) is 0 Å². The van der Waals surface area contributed by atoms with E-state index in [0.717, 1.165) is 42.9 Å². The van der Waals surface area contributed by atoms with Crippen LogP contribution in [0.1, 0.15) is 23.5 Å². The molecule has 0 saturated heterocycles. The number of ether oxygens (including phenoxy) is 1. The predicted molar refractivity (Wildman–Crippen MR) is 81.5 cm³/mol. The summed E-state index contributed by atoms with van der Waals surface area (Å²) in [5.41, 5.74) is 0.820. The summed E-state index contributed by atoms with van der Waals surface area (Å²) in [5, 5.41) is 3.21. The summed E-state index contributed by atoms with van der Waals surface area (Å²) in [5.74, 6) is 1.03. The summed E-state index contributed by atoms with van der Waals surface area (Å²) >= 11 is 0. The molecule has 2 aromatic rings. The second-order valence-corrected chi connectivity index (χ2v) is 5.30. The van der Waals surface area contributed by atoms with Crippen molar-refractivity contribution in [2.75, 3.05) is 13.1 Å². The Hall–Kier alpha value is -2.48. The Labute approximate surface area is 136 Å². The maximum atomic E-state index is 12.6. The fourth-order valence-corrected chi connectivity index (χ4v) is 2.33. The lowest BCUT2D eigenvalue weighted by molar-refractivity contribution is -0.141. The number of aromatic nitrogens is 3. The molecule has 0 unspecified atom stereocenters. The Morgan fingerprint density at radius 2 is 2.00 bits per heavy atom. The molecule has 0 fully saturated rings. The Balaban J connectivity index is 1.89. The van der Waals surface area contributed by atoms with Gasteiger partial charge >= 0.3 is 6.18 Å². The molecule has 1 aliphatic rings. The van der Waals surface area contributed by atoms with Crippen molar-refractivity contribution in [2.24, 2.45) is 0 Å². The molecule has 5 nitrogen and oxygen atoms in total. The molecule has 1 N–H and O–H groups in total. The fraction of sp³-hybridized carbons (Fsp3) is 0.312. The lowest BCUT2D eigenvalue weighted by Gasteiger charge is -2.17. The van der Waals surface area contributed by atoms with Crippen LogP contribution in [0.25, 0.3) is 5.57 Å². The van der Waals surface area contributed by atoms with Crippen LogP contribution in [0, 0.1) is 6.92 Å². The topological polar surface area (TPSA) is 59.9 Å². The highest BCUT2D eigenvalue weighted by Crippen LogP contribution is 2.32. The Morgan fingerprint density at radius 3 is 2.62 bits per heavy atom. The number of hydrogen-bond donors (Lipinski definition) is 1. The van der Waals surface area contributed by atoms with Crippen LogP contribution in [0.4, 0.5) is 13.2 Å². The molecular weight excluding hydrogens is 321 g/mol. The van der Waals surface area contributed by atoms with Crippen molar-refractivity contribution in [1.29, 1.82) is 0 Å². The van der Waals surface area contributed by atoms with Gasteiger partial charge in [0.25, 0.3) is 0 Å². The zero-order valence-electron chi connectivity index (χ0n) is 12.9. The highest BCUT2D eigenvalue weighted by Gasteiger charge is 2.32. The molecule has 0 aliphatic carbocycles. The lowest BCUT2D eigenvalue weighted by Crippen LogP contribution is -2.20. The quantitative estimate of drug-likeness (QED) is 0.931. The van der Waals surface area contributed by atoms with E-state index in [4.69, 9.17) is 4.74 Å². The number of halogens is 3. The Bertz CT molecular complexity index is 757. The van der Waals surface area contributed by atoms with Crippen LogP contribution in [0.2, 0.25) is 0 Å². The van der Waals surface area contributed by atoms with E-state index in [0.29, 0.717) is 11.7 Å². The van der Waals surface area contributed by atoms with Gasteiger partial charge in [-0.05, 0) is 37.6 Å². The number of pyridine rings is 1. The van der Waals surface area contributed by atoms with Crippen LogP contribution in [0.5, 0.6) is 11.6 Å². The lowest BCUT2D eigenvalue weighted by atomic mass is 10.0. The maximum Gasteiger partial charge on any atom is 0.433 e. The molecule has 0 bridgehead atoms. The van der Waals surface area contributed by atoms with Crippen molar-refractivity contribution < 1.29 is 17.9 Å². The number of hydrogen-bond acceptors (Lipinski definition) is 5. The Kier molecular flexibility index (Phi) is 4.48.